The fourth-order valence-corrected chi connectivity index (χ4v) is 4.59. The second-order valence-corrected chi connectivity index (χ2v) is 7.67. The van der Waals surface area contributed by atoms with Crippen molar-refractivity contribution in [2.75, 3.05) is 11.9 Å². The Hall–Kier alpha value is -2.16. The lowest BCUT2D eigenvalue weighted by Crippen LogP contribution is -2.25. The molecule has 2 heterocycles. The van der Waals surface area contributed by atoms with E-state index in [1.807, 2.05) is 12.1 Å². The van der Waals surface area contributed by atoms with Crippen LogP contribution in [-0.4, -0.2) is 17.8 Å². The molecule has 0 saturated heterocycles. The summed E-state index contributed by atoms with van der Waals surface area (Å²) in [6, 6.07) is 10.4. The van der Waals surface area contributed by atoms with Crippen LogP contribution in [-0.2, 0) is 5.41 Å². The number of pyridine rings is 1. The molecule has 122 valence electrons. The minimum Gasteiger partial charge on any atom is -0.383 e. The van der Waals surface area contributed by atoms with Gasteiger partial charge < -0.3 is 5.32 Å². The maximum Gasteiger partial charge on any atom is 0.150 e. The first-order chi connectivity index (χ1) is 11.8. The van der Waals surface area contributed by atoms with E-state index in [-0.39, 0.29) is 5.41 Å². The fraction of sp³-hybridized carbons (Fsp3) is 0.429. The molecule has 1 aromatic heterocycles. The van der Waals surface area contributed by atoms with E-state index < -0.39 is 0 Å². The first kappa shape index (κ1) is 14.2. The molecule has 5 rings (SSSR count). The van der Waals surface area contributed by atoms with E-state index in [9.17, 15) is 4.79 Å². The summed E-state index contributed by atoms with van der Waals surface area (Å²) in [7, 11) is 0. The Balaban J connectivity index is 1.65. The lowest BCUT2D eigenvalue weighted by molar-refractivity contribution is 0.112. The number of benzene rings is 1. The molecular formula is C21H22N2O. The van der Waals surface area contributed by atoms with Crippen molar-refractivity contribution in [2.45, 2.75) is 49.9 Å². The smallest absolute Gasteiger partial charge is 0.150 e. The number of aromatic nitrogens is 1. The molecule has 0 unspecified atom stereocenters. The zero-order valence-electron chi connectivity index (χ0n) is 13.8. The normalized spacial score (nSPS) is 20.8. The molecule has 3 aliphatic rings. The van der Waals surface area contributed by atoms with Gasteiger partial charge in [-0.05, 0) is 55.4 Å². The van der Waals surface area contributed by atoms with E-state index in [1.54, 1.807) is 0 Å². The highest BCUT2D eigenvalue weighted by atomic mass is 16.1. The third-order valence-electron chi connectivity index (χ3n) is 6.08. The average Bonchev–Trinajstić information content (AvgIpc) is 3.27. The molecule has 2 aliphatic carbocycles. The number of anilines is 1. The predicted octanol–water partition coefficient (Wildman–Crippen LogP) is 4.68. The van der Waals surface area contributed by atoms with Crippen LogP contribution >= 0.6 is 0 Å². The second kappa shape index (κ2) is 5.17. The summed E-state index contributed by atoms with van der Waals surface area (Å²) < 4.78 is 0. The van der Waals surface area contributed by atoms with Gasteiger partial charge >= 0.3 is 0 Å². The van der Waals surface area contributed by atoms with Gasteiger partial charge in [0.25, 0.3) is 0 Å². The van der Waals surface area contributed by atoms with E-state index in [0.29, 0.717) is 5.92 Å². The third kappa shape index (κ3) is 2.10. The van der Waals surface area contributed by atoms with Gasteiger partial charge in [0.05, 0.1) is 17.1 Å². The van der Waals surface area contributed by atoms with Crippen LogP contribution in [0.1, 0.15) is 66.1 Å². The SMILES string of the molecule is O=Cc1ccc(C2CC2)c(-c2ccc3c(n2)C2(CCCC2)CN3)c1. The van der Waals surface area contributed by atoms with E-state index in [0.717, 1.165) is 29.7 Å². The van der Waals surface area contributed by atoms with Gasteiger partial charge in [-0.3, -0.25) is 4.79 Å². The fourth-order valence-electron chi connectivity index (χ4n) is 4.59. The van der Waals surface area contributed by atoms with Gasteiger partial charge in [0.15, 0.2) is 0 Å². The number of hydrogen-bond donors (Lipinski definition) is 1. The molecular weight excluding hydrogens is 296 g/mol. The summed E-state index contributed by atoms with van der Waals surface area (Å²) in [6.45, 7) is 1.03. The number of nitrogens with one attached hydrogen (secondary N) is 1. The largest absolute Gasteiger partial charge is 0.383 e. The first-order valence-electron chi connectivity index (χ1n) is 9.14. The minimum absolute atomic E-state index is 0.243. The highest BCUT2D eigenvalue weighted by Gasteiger charge is 2.42. The highest BCUT2D eigenvalue weighted by Crippen LogP contribution is 2.49. The van der Waals surface area contributed by atoms with Crippen molar-refractivity contribution in [3.8, 4) is 11.3 Å². The Morgan fingerprint density at radius 1 is 1.12 bits per heavy atom. The molecule has 0 bridgehead atoms. The van der Waals surface area contributed by atoms with Crippen molar-refractivity contribution in [3.05, 3.63) is 47.2 Å². The summed E-state index contributed by atoms with van der Waals surface area (Å²) in [4.78, 5) is 16.4. The number of rotatable bonds is 3. The van der Waals surface area contributed by atoms with Crippen LogP contribution in [0.3, 0.4) is 0 Å². The Bertz CT molecular complexity index is 817. The molecule has 2 aromatic rings. The number of nitrogens with zero attached hydrogens (tertiary/aromatic N) is 1. The van der Waals surface area contributed by atoms with Gasteiger partial charge in [-0.25, -0.2) is 4.98 Å². The van der Waals surface area contributed by atoms with Crippen LogP contribution < -0.4 is 5.32 Å². The van der Waals surface area contributed by atoms with Crippen molar-refractivity contribution in [2.24, 2.45) is 0 Å². The van der Waals surface area contributed by atoms with E-state index in [1.165, 1.54) is 55.5 Å². The third-order valence-corrected chi connectivity index (χ3v) is 6.08. The first-order valence-corrected chi connectivity index (χ1v) is 9.14. The van der Waals surface area contributed by atoms with Crippen molar-refractivity contribution < 1.29 is 4.79 Å². The van der Waals surface area contributed by atoms with Crippen LogP contribution in [0.25, 0.3) is 11.3 Å². The number of carbonyl (C=O) groups excluding carboxylic acids is 1. The molecule has 2 fully saturated rings. The van der Waals surface area contributed by atoms with Gasteiger partial charge in [0.1, 0.15) is 6.29 Å². The predicted molar refractivity (Wildman–Crippen MR) is 95.7 cm³/mol. The Kier molecular flexibility index (Phi) is 3.06. The standard InChI is InChI=1S/C21H22N2O/c24-12-14-3-6-16(15-4-5-15)17(11-14)18-7-8-19-20(23-18)21(13-22-19)9-1-2-10-21/h3,6-8,11-12,15,22H,1-2,4-5,9-10,13H2. The summed E-state index contributed by atoms with van der Waals surface area (Å²) in [5.41, 5.74) is 7.01. The Morgan fingerprint density at radius 2 is 1.96 bits per heavy atom. The van der Waals surface area contributed by atoms with Gasteiger partial charge in [-0.1, -0.05) is 25.0 Å². The van der Waals surface area contributed by atoms with Crippen LogP contribution in [0.15, 0.2) is 30.3 Å². The van der Waals surface area contributed by atoms with E-state index in [4.69, 9.17) is 4.98 Å². The maximum absolute atomic E-state index is 11.2. The Morgan fingerprint density at radius 3 is 2.71 bits per heavy atom. The molecule has 0 atom stereocenters. The molecule has 1 aromatic carbocycles. The summed E-state index contributed by atoms with van der Waals surface area (Å²) in [5.74, 6) is 0.648. The molecule has 1 N–H and O–H groups in total. The average molecular weight is 318 g/mol. The Labute approximate surface area is 142 Å². The quantitative estimate of drug-likeness (QED) is 0.836. The van der Waals surface area contributed by atoms with Crippen LogP contribution in [0.4, 0.5) is 5.69 Å². The van der Waals surface area contributed by atoms with Crippen LogP contribution in [0.2, 0.25) is 0 Å². The maximum atomic E-state index is 11.2. The summed E-state index contributed by atoms with van der Waals surface area (Å²) in [5, 5.41) is 3.57. The zero-order chi connectivity index (χ0) is 16.1. The molecule has 1 aliphatic heterocycles. The molecule has 24 heavy (non-hydrogen) atoms. The van der Waals surface area contributed by atoms with E-state index >= 15 is 0 Å². The van der Waals surface area contributed by atoms with Crippen LogP contribution in [0.5, 0.6) is 0 Å². The number of hydrogen-bond acceptors (Lipinski definition) is 3. The lowest BCUT2D eigenvalue weighted by Gasteiger charge is -2.22. The lowest BCUT2D eigenvalue weighted by atomic mass is 9.84. The minimum atomic E-state index is 0.243. The summed E-state index contributed by atoms with van der Waals surface area (Å²) in [6.07, 6.45) is 8.55. The zero-order valence-corrected chi connectivity index (χ0v) is 13.8. The molecule has 2 saturated carbocycles. The molecule has 0 amide bonds. The highest BCUT2D eigenvalue weighted by molar-refractivity contribution is 5.80. The molecule has 3 heteroatoms. The monoisotopic (exact) mass is 318 g/mol. The van der Waals surface area contributed by atoms with Gasteiger partial charge in [0.2, 0.25) is 0 Å². The van der Waals surface area contributed by atoms with Crippen molar-refractivity contribution >= 4 is 12.0 Å². The molecule has 0 radical (unpaired) electrons. The van der Waals surface area contributed by atoms with Gasteiger partial charge in [-0.15, -0.1) is 0 Å². The number of carbonyl (C=O) groups is 1. The van der Waals surface area contributed by atoms with Crippen molar-refractivity contribution in [1.29, 1.82) is 0 Å². The summed E-state index contributed by atoms with van der Waals surface area (Å²) >= 11 is 0. The number of fused-ring (bicyclic) bond motifs is 2. The van der Waals surface area contributed by atoms with Gasteiger partial charge in [0, 0.05) is 23.1 Å². The van der Waals surface area contributed by atoms with E-state index in [2.05, 4.69) is 23.5 Å². The van der Waals surface area contributed by atoms with Crippen molar-refractivity contribution in [1.82, 2.24) is 4.98 Å². The second-order valence-electron chi connectivity index (χ2n) is 7.67. The number of aldehydes is 1. The molecule has 3 nitrogen and oxygen atoms in total. The van der Waals surface area contributed by atoms with Crippen molar-refractivity contribution in [3.63, 3.8) is 0 Å². The molecule has 1 spiro atoms. The van der Waals surface area contributed by atoms with Crippen LogP contribution in [0, 0.1) is 0 Å². The van der Waals surface area contributed by atoms with Gasteiger partial charge in [-0.2, -0.15) is 0 Å². The topological polar surface area (TPSA) is 42.0 Å².